The van der Waals surface area contributed by atoms with Crippen LogP contribution < -0.4 is 0 Å². The Kier molecular flexibility index (Phi) is 2.80. The van der Waals surface area contributed by atoms with Gasteiger partial charge in [-0.3, -0.25) is 0 Å². The molecule has 1 aromatic carbocycles. The second-order valence-electron chi connectivity index (χ2n) is 2.06. The smallest absolute Gasteiger partial charge is 0.0193 e. The van der Waals surface area contributed by atoms with Crippen LogP contribution in [0.1, 0.15) is 12.5 Å². The van der Waals surface area contributed by atoms with Gasteiger partial charge in [0.15, 0.2) is 0 Å². The molecule has 0 aliphatic heterocycles. The molecule has 0 N–H and O–H groups in total. The first-order valence-electron chi connectivity index (χ1n) is 2.96. The molecule has 0 spiro atoms. The molecule has 0 bridgehead atoms. The van der Waals surface area contributed by atoms with E-state index in [0.29, 0.717) is 0 Å². The second kappa shape index (κ2) is 3.44. The van der Waals surface area contributed by atoms with Crippen molar-refractivity contribution in [2.45, 2.75) is 6.92 Å². The van der Waals surface area contributed by atoms with Gasteiger partial charge in [0.2, 0.25) is 0 Å². The summed E-state index contributed by atoms with van der Waals surface area (Å²) in [5.74, 6) is 0. The lowest BCUT2D eigenvalue weighted by Crippen LogP contribution is -1.88. The average molecular weight is 262 g/mol. The fourth-order valence-electron chi connectivity index (χ4n) is 0.685. The summed E-state index contributed by atoms with van der Waals surface area (Å²) in [6.45, 7) is 1.94. The highest BCUT2D eigenvalue weighted by atomic mass is 127. The summed E-state index contributed by atoms with van der Waals surface area (Å²) in [4.78, 5) is 0.955. The zero-order valence-corrected chi connectivity index (χ0v) is 8.57. The molecule has 0 aliphatic carbocycles. The van der Waals surface area contributed by atoms with E-state index in [4.69, 9.17) is 12.2 Å². The van der Waals surface area contributed by atoms with Crippen molar-refractivity contribution in [2.24, 2.45) is 0 Å². The monoisotopic (exact) mass is 262 g/mol. The van der Waals surface area contributed by atoms with E-state index in [1.54, 1.807) is 0 Å². The SMILES string of the molecule is CC(=S)c1ccc(I)cc1. The minimum Gasteiger partial charge on any atom is -0.0846 e. The van der Waals surface area contributed by atoms with Crippen LogP contribution in [0.3, 0.4) is 0 Å². The zero-order valence-electron chi connectivity index (χ0n) is 5.60. The van der Waals surface area contributed by atoms with Crippen molar-refractivity contribution in [3.8, 4) is 0 Å². The summed E-state index contributed by atoms with van der Waals surface area (Å²) in [7, 11) is 0. The molecule has 1 rings (SSSR count). The molecule has 0 heterocycles. The van der Waals surface area contributed by atoms with E-state index in [9.17, 15) is 0 Å². The molecule has 0 saturated carbocycles. The van der Waals surface area contributed by atoms with Gasteiger partial charge < -0.3 is 0 Å². The van der Waals surface area contributed by atoms with Crippen LogP contribution in [-0.4, -0.2) is 4.86 Å². The third kappa shape index (κ3) is 2.02. The van der Waals surface area contributed by atoms with Crippen molar-refractivity contribution in [3.05, 3.63) is 33.4 Å². The van der Waals surface area contributed by atoms with Gasteiger partial charge in [0.05, 0.1) is 0 Å². The van der Waals surface area contributed by atoms with Gasteiger partial charge in [0, 0.05) is 8.43 Å². The van der Waals surface area contributed by atoms with Gasteiger partial charge >= 0.3 is 0 Å². The zero-order chi connectivity index (χ0) is 7.56. The number of halogens is 1. The van der Waals surface area contributed by atoms with Gasteiger partial charge in [-0.05, 0) is 47.2 Å². The van der Waals surface area contributed by atoms with Crippen molar-refractivity contribution < 1.29 is 0 Å². The van der Waals surface area contributed by atoms with E-state index < -0.39 is 0 Å². The molecule has 2 heteroatoms. The number of rotatable bonds is 1. The number of thiocarbonyl (C=S) groups is 1. The number of benzene rings is 1. The average Bonchev–Trinajstić information content (AvgIpc) is 1.88. The minimum absolute atomic E-state index is 0.955. The maximum absolute atomic E-state index is 5.00. The lowest BCUT2D eigenvalue weighted by Gasteiger charge is -1.95. The van der Waals surface area contributed by atoms with Crippen LogP contribution in [0.5, 0.6) is 0 Å². The van der Waals surface area contributed by atoms with Crippen molar-refractivity contribution in [1.82, 2.24) is 0 Å². The van der Waals surface area contributed by atoms with Gasteiger partial charge in [0.25, 0.3) is 0 Å². The molecule has 52 valence electrons. The lowest BCUT2D eigenvalue weighted by atomic mass is 10.2. The Morgan fingerprint density at radius 1 is 1.30 bits per heavy atom. The first-order valence-corrected chi connectivity index (χ1v) is 4.45. The summed E-state index contributed by atoms with van der Waals surface area (Å²) >= 11 is 7.28. The van der Waals surface area contributed by atoms with E-state index in [0.717, 1.165) is 10.4 Å². The van der Waals surface area contributed by atoms with Gasteiger partial charge in [-0.1, -0.05) is 24.4 Å². The van der Waals surface area contributed by atoms with Crippen LogP contribution >= 0.6 is 34.8 Å². The van der Waals surface area contributed by atoms with Crippen molar-refractivity contribution in [3.63, 3.8) is 0 Å². The molecule has 10 heavy (non-hydrogen) atoms. The lowest BCUT2D eigenvalue weighted by molar-refractivity contribution is 1.61. The van der Waals surface area contributed by atoms with Crippen molar-refractivity contribution >= 4 is 39.7 Å². The fraction of sp³-hybridized carbons (Fsp3) is 0.125. The van der Waals surface area contributed by atoms with Crippen LogP contribution in [0.25, 0.3) is 0 Å². The molecule has 0 aromatic heterocycles. The summed E-state index contributed by atoms with van der Waals surface area (Å²) < 4.78 is 1.25. The Morgan fingerprint density at radius 3 is 2.20 bits per heavy atom. The highest BCUT2D eigenvalue weighted by Gasteiger charge is 1.92. The molecule has 0 fully saturated rings. The molecule has 0 nitrogen and oxygen atoms in total. The Morgan fingerprint density at radius 2 is 1.80 bits per heavy atom. The second-order valence-corrected chi connectivity index (χ2v) is 3.92. The molecule has 0 unspecified atom stereocenters. The van der Waals surface area contributed by atoms with Crippen LogP contribution in [0.15, 0.2) is 24.3 Å². The van der Waals surface area contributed by atoms with Gasteiger partial charge in [-0.2, -0.15) is 0 Å². The quantitative estimate of drug-likeness (QED) is 0.426. The topological polar surface area (TPSA) is 0 Å². The van der Waals surface area contributed by atoms with Crippen LogP contribution in [0.4, 0.5) is 0 Å². The predicted octanol–water partition coefficient (Wildman–Crippen LogP) is 3.03. The third-order valence-electron chi connectivity index (χ3n) is 1.25. The standard InChI is InChI=1S/C8H7IS/c1-6(10)7-2-4-8(9)5-3-7/h2-5H,1H3. The molecule has 0 saturated heterocycles. The summed E-state index contributed by atoms with van der Waals surface area (Å²) in [5.41, 5.74) is 1.15. The van der Waals surface area contributed by atoms with E-state index in [1.807, 2.05) is 19.1 Å². The molecular formula is C8H7IS. The Bertz CT molecular complexity index is 238. The summed E-state index contributed by atoms with van der Waals surface area (Å²) in [5, 5.41) is 0. The van der Waals surface area contributed by atoms with Crippen LogP contribution in [0, 0.1) is 3.57 Å². The third-order valence-corrected chi connectivity index (χ3v) is 2.21. The van der Waals surface area contributed by atoms with E-state index in [-0.39, 0.29) is 0 Å². The highest BCUT2D eigenvalue weighted by molar-refractivity contribution is 14.1. The highest BCUT2D eigenvalue weighted by Crippen LogP contribution is 2.07. The molecule has 1 aromatic rings. The first kappa shape index (κ1) is 8.14. The van der Waals surface area contributed by atoms with E-state index in [1.165, 1.54) is 3.57 Å². The van der Waals surface area contributed by atoms with Gasteiger partial charge in [-0.15, -0.1) is 0 Å². The van der Waals surface area contributed by atoms with Crippen molar-refractivity contribution in [2.75, 3.05) is 0 Å². The van der Waals surface area contributed by atoms with E-state index >= 15 is 0 Å². The van der Waals surface area contributed by atoms with E-state index in [2.05, 4.69) is 34.7 Å². The van der Waals surface area contributed by atoms with Crippen LogP contribution in [-0.2, 0) is 0 Å². The molecule has 0 atom stereocenters. The number of hydrogen-bond acceptors (Lipinski definition) is 1. The number of hydrogen-bond donors (Lipinski definition) is 0. The Balaban J connectivity index is 3.00. The molecular weight excluding hydrogens is 255 g/mol. The molecule has 0 radical (unpaired) electrons. The molecule has 0 amide bonds. The Hall–Kier alpha value is 0.0400. The summed E-state index contributed by atoms with van der Waals surface area (Å²) in [6, 6.07) is 8.21. The minimum atomic E-state index is 0.955. The van der Waals surface area contributed by atoms with Gasteiger partial charge in [0.1, 0.15) is 0 Å². The van der Waals surface area contributed by atoms with Crippen LogP contribution in [0.2, 0.25) is 0 Å². The fourth-order valence-corrected chi connectivity index (χ4v) is 1.18. The largest absolute Gasteiger partial charge is 0.0846 e. The Labute approximate surface area is 79.8 Å². The van der Waals surface area contributed by atoms with Crippen molar-refractivity contribution in [1.29, 1.82) is 0 Å². The predicted molar refractivity (Wildman–Crippen MR) is 56.5 cm³/mol. The maximum Gasteiger partial charge on any atom is 0.0193 e. The normalized spacial score (nSPS) is 9.40. The molecule has 0 aliphatic rings. The summed E-state index contributed by atoms with van der Waals surface area (Å²) in [6.07, 6.45) is 0. The first-order chi connectivity index (χ1) is 4.70. The maximum atomic E-state index is 5.00. The van der Waals surface area contributed by atoms with Gasteiger partial charge in [-0.25, -0.2) is 0 Å².